The molecule has 0 aliphatic heterocycles. The van der Waals surface area contributed by atoms with Crippen LogP contribution in [-0.4, -0.2) is 51.3 Å². The third-order valence-corrected chi connectivity index (χ3v) is 6.39. The second kappa shape index (κ2) is 10.4. The zero-order valence-electron chi connectivity index (χ0n) is 18.4. The molecule has 0 saturated carbocycles. The maximum Gasteiger partial charge on any atom is 0.251 e. The highest BCUT2D eigenvalue weighted by Crippen LogP contribution is 2.18. The van der Waals surface area contributed by atoms with Gasteiger partial charge in [-0.1, -0.05) is 13.8 Å². The maximum atomic E-state index is 12.8. The van der Waals surface area contributed by atoms with Gasteiger partial charge in [0.05, 0.1) is 11.5 Å². The van der Waals surface area contributed by atoms with Crippen LogP contribution in [0.1, 0.15) is 31.1 Å². The van der Waals surface area contributed by atoms with E-state index in [-0.39, 0.29) is 16.7 Å². The Labute approximate surface area is 183 Å². The molecule has 31 heavy (non-hydrogen) atoms. The van der Waals surface area contributed by atoms with Gasteiger partial charge in [0.2, 0.25) is 15.9 Å². The van der Waals surface area contributed by atoms with Crippen molar-refractivity contribution in [2.75, 3.05) is 26.0 Å². The van der Waals surface area contributed by atoms with Gasteiger partial charge in [-0.2, -0.15) is 0 Å². The Kier molecular flexibility index (Phi) is 8.18. The molecule has 9 heteroatoms. The van der Waals surface area contributed by atoms with E-state index in [0.29, 0.717) is 23.6 Å². The molecule has 8 nitrogen and oxygen atoms in total. The minimum absolute atomic E-state index is 0.125. The Morgan fingerprint density at radius 1 is 1.00 bits per heavy atom. The molecule has 0 aliphatic rings. The molecular weight excluding hydrogens is 418 g/mol. The van der Waals surface area contributed by atoms with Gasteiger partial charge in [-0.15, -0.1) is 0 Å². The first-order valence-electron chi connectivity index (χ1n) is 9.93. The second-order valence-electron chi connectivity index (χ2n) is 7.45. The Hall–Kier alpha value is -2.91. The van der Waals surface area contributed by atoms with Crippen molar-refractivity contribution in [1.82, 2.24) is 9.62 Å². The lowest BCUT2D eigenvalue weighted by Crippen LogP contribution is -2.47. The molecule has 2 amide bonds. The summed E-state index contributed by atoms with van der Waals surface area (Å²) in [7, 11) is -0.651. The van der Waals surface area contributed by atoms with Crippen molar-refractivity contribution in [1.29, 1.82) is 0 Å². The van der Waals surface area contributed by atoms with Crippen LogP contribution < -0.4 is 15.4 Å². The van der Waals surface area contributed by atoms with Crippen LogP contribution in [0.5, 0.6) is 5.75 Å². The number of ether oxygens (including phenoxy) is 1. The summed E-state index contributed by atoms with van der Waals surface area (Å²) >= 11 is 0. The number of sulfonamides is 1. The zero-order valence-corrected chi connectivity index (χ0v) is 19.2. The Bertz CT molecular complexity index is 1000. The molecule has 0 aromatic heterocycles. The number of hydrogen-bond donors (Lipinski definition) is 2. The van der Waals surface area contributed by atoms with Crippen molar-refractivity contribution >= 4 is 27.5 Å². The lowest BCUT2D eigenvalue weighted by atomic mass is 10.0. The summed E-state index contributed by atoms with van der Waals surface area (Å²) in [6.45, 7) is 6.06. The van der Waals surface area contributed by atoms with Crippen molar-refractivity contribution < 1.29 is 22.7 Å². The SMILES string of the molecule is CCOc1ccc(C(=O)NC(C(=O)Nc2ccc(S(=O)(=O)N(C)C)cc2)C(C)C)cc1. The molecule has 0 fully saturated rings. The van der Waals surface area contributed by atoms with E-state index in [1.807, 2.05) is 20.8 Å². The van der Waals surface area contributed by atoms with E-state index in [1.165, 1.54) is 38.4 Å². The van der Waals surface area contributed by atoms with Crippen LogP contribution in [0.3, 0.4) is 0 Å². The van der Waals surface area contributed by atoms with Gasteiger partial charge in [0, 0.05) is 25.3 Å². The summed E-state index contributed by atoms with van der Waals surface area (Å²) in [6, 6.07) is 11.8. The van der Waals surface area contributed by atoms with Crippen molar-refractivity contribution in [3.63, 3.8) is 0 Å². The van der Waals surface area contributed by atoms with Crippen molar-refractivity contribution in [3.8, 4) is 5.75 Å². The van der Waals surface area contributed by atoms with Gasteiger partial charge >= 0.3 is 0 Å². The average Bonchev–Trinajstić information content (AvgIpc) is 2.72. The third-order valence-electron chi connectivity index (χ3n) is 4.56. The lowest BCUT2D eigenvalue weighted by Gasteiger charge is -2.22. The molecule has 168 valence electrons. The van der Waals surface area contributed by atoms with Crippen molar-refractivity contribution in [2.45, 2.75) is 31.7 Å². The van der Waals surface area contributed by atoms with Gasteiger partial charge in [0.25, 0.3) is 5.91 Å². The number of anilines is 1. The van der Waals surface area contributed by atoms with E-state index in [1.54, 1.807) is 24.3 Å². The lowest BCUT2D eigenvalue weighted by molar-refractivity contribution is -0.118. The topological polar surface area (TPSA) is 105 Å². The van der Waals surface area contributed by atoms with E-state index in [9.17, 15) is 18.0 Å². The normalized spacial score (nSPS) is 12.5. The molecule has 0 bridgehead atoms. The minimum Gasteiger partial charge on any atom is -0.494 e. The number of benzene rings is 2. The first-order valence-corrected chi connectivity index (χ1v) is 11.4. The van der Waals surface area contributed by atoms with Crippen molar-refractivity contribution in [2.24, 2.45) is 5.92 Å². The maximum absolute atomic E-state index is 12.8. The first-order chi connectivity index (χ1) is 14.6. The average molecular weight is 448 g/mol. The fourth-order valence-electron chi connectivity index (χ4n) is 2.77. The predicted molar refractivity (Wildman–Crippen MR) is 120 cm³/mol. The highest BCUT2D eigenvalue weighted by atomic mass is 32.2. The Morgan fingerprint density at radius 2 is 1.58 bits per heavy atom. The number of nitrogens with zero attached hydrogens (tertiary/aromatic N) is 1. The van der Waals surface area contributed by atoms with Gasteiger partial charge in [-0.05, 0) is 61.4 Å². The van der Waals surface area contributed by atoms with Crippen LogP contribution in [0.2, 0.25) is 0 Å². The summed E-state index contributed by atoms with van der Waals surface area (Å²) < 4.78 is 30.8. The van der Waals surface area contributed by atoms with E-state index in [4.69, 9.17) is 4.74 Å². The second-order valence-corrected chi connectivity index (χ2v) is 9.61. The molecule has 0 saturated heterocycles. The summed E-state index contributed by atoms with van der Waals surface area (Å²) in [4.78, 5) is 25.5. The minimum atomic E-state index is -3.55. The number of carbonyl (C=O) groups excluding carboxylic acids is 2. The quantitative estimate of drug-likeness (QED) is 0.615. The molecule has 0 aliphatic carbocycles. The van der Waals surface area contributed by atoms with Crippen LogP contribution in [0.25, 0.3) is 0 Å². The van der Waals surface area contributed by atoms with Gasteiger partial charge in [-0.3, -0.25) is 9.59 Å². The highest BCUT2D eigenvalue weighted by molar-refractivity contribution is 7.89. The van der Waals surface area contributed by atoms with E-state index in [2.05, 4.69) is 10.6 Å². The highest BCUT2D eigenvalue weighted by Gasteiger charge is 2.25. The van der Waals surface area contributed by atoms with Crippen LogP contribution in [0.4, 0.5) is 5.69 Å². The Balaban J connectivity index is 2.09. The van der Waals surface area contributed by atoms with Crippen LogP contribution in [-0.2, 0) is 14.8 Å². The summed E-state index contributed by atoms with van der Waals surface area (Å²) in [5, 5.41) is 5.49. The molecule has 2 aromatic rings. The molecular formula is C22H29N3O5S. The van der Waals surface area contributed by atoms with Crippen LogP contribution in [0, 0.1) is 5.92 Å². The number of amides is 2. The van der Waals surface area contributed by atoms with Crippen LogP contribution >= 0.6 is 0 Å². The van der Waals surface area contributed by atoms with Crippen molar-refractivity contribution in [3.05, 3.63) is 54.1 Å². The molecule has 0 radical (unpaired) electrons. The van der Waals surface area contributed by atoms with E-state index >= 15 is 0 Å². The number of rotatable bonds is 9. The monoisotopic (exact) mass is 447 g/mol. The third kappa shape index (κ3) is 6.28. The van der Waals surface area contributed by atoms with E-state index < -0.39 is 22.0 Å². The number of nitrogens with one attached hydrogen (secondary N) is 2. The van der Waals surface area contributed by atoms with Gasteiger partial charge < -0.3 is 15.4 Å². The van der Waals surface area contributed by atoms with Gasteiger partial charge in [-0.25, -0.2) is 12.7 Å². The molecule has 2 N–H and O–H groups in total. The fourth-order valence-corrected chi connectivity index (χ4v) is 3.67. The summed E-state index contributed by atoms with van der Waals surface area (Å²) in [6.07, 6.45) is 0. The fraction of sp³-hybridized carbons (Fsp3) is 0.364. The molecule has 2 aromatic carbocycles. The molecule has 0 heterocycles. The molecule has 1 unspecified atom stereocenters. The predicted octanol–water partition coefficient (Wildman–Crippen LogP) is 2.73. The molecule has 2 rings (SSSR count). The summed E-state index contributed by atoms with van der Waals surface area (Å²) in [5.41, 5.74) is 0.851. The largest absolute Gasteiger partial charge is 0.494 e. The van der Waals surface area contributed by atoms with Gasteiger partial charge in [0.1, 0.15) is 11.8 Å². The standard InChI is InChI=1S/C22H29N3O5S/c1-6-30-18-11-7-16(8-12-18)21(26)24-20(15(2)3)22(27)23-17-9-13-19(14-10-17)31(28,29)25(4)5/h7-15,20H,6H2,1-5H3,(H,23,27)(H,24,26). The number of carbonyl (C=O) groups is 2. The zero-order chi connectivity index (χ0) is 23.2. The van der Waals surface area contributed by atoms with Gasteiger partial charge in [0.15, 0.2) is 0 Å². The number of hydrogen-bond acceptors (Lipinski definition) is 5. The summed E-state index contributed by atoms with van der Waals surface area (Å²) in [5.74, 6) is -0.265. The molecule has 1 atom stereocenters. The van der Waals surface area contributed by atoms with E-state index in [0.717, 1.165) is 4.31 Å². The Morgan fingerprint density at radius 3 is 2.06 bits per heavy atom. The molecule has 0 spiro atoms. The van der Waals surface area contributed by atoms with Crippen LogP contribution in [0.15, 0.2) is 53.4 Å². The smallest absolute Gasteiger partial charge is 0.251 e. The first kappa shape index (κ1) is 24.4.